The largest absolute Gasteiger partial charge is 0.497 e. The molecule has 0 aliphatic carbocycles. The van der Waals surface area contributed by atoms with E-state index in [1.54, 1.807) is 31.4 Å². The van der Waals surface area contributed by atoms with Gasteiger partial charge in [0.1, 0.15) is 11.3 Å². The van der Waals surface area contributed by atoms with Gasteiger partial charge in [0.15, 0.2) is 5.82 Å². The molecule has 1 aromatic heterocycles. The van der Waals surface area contributed by atoms with E-state index in [2.05, 4.69) is 21.6 Å². The quantitative estimate of drug-likeness (QED) is 0.393. The minimum absolute atomic E-state index is 0.186. The average Bonchev–Trinajstić information content (AvgIpc) is 3.27. The highest BCUT2D eigenvalue weighted by Gasteiger charge is 2.14. The van der Waals surface area contributed by atoms with Crippen LogP contribution in [0.1, 0.15) is 15.9 Å². The standard InChI is InChI=1S/C26H20FN3O2/c1-32-21-8-4-7-20(14-21)26(31)28-15-16-11-22-24(29-30-25(22)23(27)12-16)19-10-9-17-5-2-3-6-18(17)13-19/h2-14H,15H2,1H3,(H,28,31)(H,29,30). The van der Waals surface area contributed by atoms with Crippen molar-refractivity contribution in [2.45, 2.75) is 6.54 Å². The Kier molecular flexibility index (Phi) is 5.03. The summed E-state index contributed by atoms with van der Waals surface area (Å²) in [6.07, 6.45) is 0. The van der Waals surface area contributed by atoms with Crippen LogP contribution in [0.4, 0.5) is 4.39 Å². The molecule has 0 saturated carbocycles. The summed E-state index contributed by atoms with van der Waals surface area (Å²) in [5.74, 6) is -0.0914. The molecule has 0 atom stereocenters. The van der Waals surface area contributed by atoms with Crippen molar-refractivity contribution in [2.24, 2.45) is 0 Å². The predicted molar refractivity (Wildman–Crippen MR) is 123 cm³/mol. The number of halogens is 1. The van der Waals surface area contributed by atoms with Crippen LogP contribution in [0.15, 0.2) is 78.9 Å². The van der Waals surface area contributed by atoms with Crippen LogP contribution in [0, 0.1) is 5.82 Å². The number of hydrogen-bond donors (Lipinski definition) is 2. The summed E-state index contributed by atoms with van der Waals surface area (Å²) in [6, 6.07) is 24.3. The molecule has 0 aliphatic rings. The molecule has 2 N–H and O–H groups in total. The predicted octanol–water partition coefficient (Wildman–Crippen LogP) is 5.46. The summed E-state index contributed by atoms with van der Waals surface area (Å²) in [4.78, 5) is 12.5. The average molecular weight is 425 g/mol. The lowest BCUT2D eigenvalue weighted by Crippen LogP contribution is -2.22. The number of methoxy groups -OCH3 is 1. The lowest BCUT2D eigenvalue weighted by Gasteiger charge is -2.08. The SMILES string of the molecule is COc1cccc(C(=O)NCc2cc(F)c3n[nH]c(-c4ccc5ccccc5c4)c3c2)c1. The molecule has 0 saturated heterocycles. The Hall–Kier alpha value is -4.19. The highest BCUT2D eigenvalue weighted by atomic mass is 19.1. The zero-order chi connectivity index (χ0) is 22.1. The van der Waals surface area contributed by atoms with E-state index in [1.165, 1.54) is 6.07 Å². The van der Waals surface area contributed by atoms with Gasteiger partial charge in [-0.25, -0.2) is 4.39 Å². The van der Waals surface area contributed by atoms with Crippen molar-refractivity contribution in [3.63, 3.8) is 0 Å². The molecule has 5 aromatic rings. The van der Waals surface area contributed by atoms with Crippen LogP contribution in [-0.2, 0) is 6.54 Å². The number of hydrogen-bond acceptors (Lipinski definition) is 3. The Balaban J connectivity index is 1.45. The summed E-state index contributed by atoms with van der Waals surface area (Å²) in [7, 11) is 1.55. The molecule has 0 fully saturated rings. The minimum Gasteiger partial charge on any atom is -0.497 e. The van der Waals surface area contributed by atoms with E-state index in [1.807, 2.05) is 42.5 Å². The van der Waals surface area contributed by atoms with Gasteiger partial charge >= 0.3 is 0 Å². The lowest BCUT2D eigenvalue weighted by molar-refractivity contribution is 0.0950. The van der Waals surface area contributed by atoms with Gasteiger partial charge in [0.25, 0.3) is 5.91 Å². The second-order valence-electron chi connectivity index (χ2n) is 7.55. The van der Waals surface area contributed by atoms with Gasteiger partial charge in [0.05, 0.1) is 12.8 Å². The normalized spacial score (nSPS) is 11.1. The molecule has 0 unspecified atom stereocenters. The summed E-state index contributed by atoms with van der Waals surface area (Å²) < 4.78 is 19.9. The Morgan fingerprint density at radius 1 is 1.00 bits per heavy atom. The van der Waals surface area contributed by atoms with E-state index < -0.39 is 5.82 Å². The number of carbonyl (C=O) groups excluding carboxylic acids is 1. The van der Waals surface area contributed by atoms with Gasteiger partial charge in [-0.1, -0.05) is 42.5 Å². The highest BCUT2D eigenvalue weighted by molar-refractivity contribution is 5.97. The molecule has 5 rings (SSSR count). The van der Waals surface area contributed by atoms with Crippen molar-refractivity contribution in [1.29, 1.82) is 0 Å². The van der Waals surface area contributed by atoms with Gasteiger partial charge in [-0.05, 0) is 52.7 Å². The first-order valence-electron chi connectivity index (χ1n) is 10.2. The minimum atomic E-state index is -0.434. The van der Waals surface area contributed by atoms with Crippen LogP contribution in [0.5, 0.6) is 5.75 Å². The smallest absolute Gasteiger partial charge is 0.251 e. The summed E-state index contributed by atoms with van der Waals surface area (Å²) in [6.45, 7) is 0.186. The maximum absolute atomic E-state index is 14.8. The lowest BCUT2D eigenvalue weighted by atomic mass is 10.0. The fourth-order valence-corrected chi connectivity index (χ4v) is 3.85. The third-order valence-electron chi connectivity index (χ3n) is 5.50. The molecule has 4 aromatic carbocycles. The van der Waals surface area contributed by atoms with E-state index in [4.69, 9.17) is 4.74 Å². The van der Waals surface area contributed by atoms with Gasteiger partial charge in [-0.2, -0.15) is 5.10 Å². The molecular weight excluding hydrogens is 405 g/mol. The molecule has 6 heteroatoms. The number of rotatable bonds is 5. The van der Waals surface area contributed by atoms with Crippen molar-refractivity contribution in [3.8, 4) is 17.0 Å². The summed E-state index contributed by atoms with van der Waals surface area (Å²) in [5, 5.41) is 12.9. The molecule has 0 aliphatic heterocycles. The third-order valence-corrected chi connectivity index (χ3v) is 5.50. The monoisotopic (exact) mass is 425 g/mol. The second-order valence-corrected chi connectivity index (χ2v) is 7.55. The van der Waals surface area contributed by atoms with E-state index in [0.29, 0.717) is 22.3 Å². The molecule has 0 spiro atoms. The van der Waals surface area contributed by atoms with Gasteiger partial charge < -0.3 is 10.1 Å². The topological polar surface area (TPSA) is 67.0 Å². The van der Waals surface area contributed by atoms with Crippen molar-refractivity contribution in [3.05, 3.63) is 95.8 Å². The van der Waals surface area contributed by atoms with E-state index in [0.717, 1.165) is 22.0 Å². The number of carbonyl (C=O) groups is 1. The number of H-pyrrole nitrogens is 1. The zero-order valence-electron chi connectivity index (χ0n) is 17.4. The van der Waals surface area contributed by atoms with Crippen LogP contribution in [-0.4, -0.2) is 23.2 Å². The van der Waals surface area contributed by atoms with Gasteiger partial charge in [-0.3, -0.25) is 9.89 Å². The molecule has 0 bridgehead atoms. The second kappa shape index (κ2) is 8.15. The van der Waals surface area contributed by atoms with Crippen LogP contribution in [0.25, 0.3) is 32.9 Å². The number of nitrogens with zero attached hydrogens (tertiary/aromatic N) is 1. The number of aromatic amines is 1. The first-order chi connectivity index (χ1) is 15.6. The number of fused-ring (bicyclic) bond motifs is 2. The van der Waals surface area contributed by atoms with Crippen LogP contribution in [0.2, 0.25) is 0 Å². The molecule has 1 amide bonds. The molecule has 32 heavy (non-hydrogen) atoms. The molecular formula is C26H20FN3O2. The maximum atomic E-state index is 14.8. The van der Waals surface area contributed by atoms with Crippen LogP contribution < -0.4 is 10.1 Å². The van der Waals surface area contributed by atoms with E-state index in [-0.39, 0.29) is 18.0 Å². The van der Waals surface area contributed by atoms with Crippen molar-refractivity contribution < 1.29 is 13.9 Å². The summed E-state index contributed by atoms with van der Waals surface area (Å²) in [5.41, 5.74) is 3.06. The number of ether oxygens (including phenoxy) is 1. The number of amides is 1. The van der Waals surface area contributed by atoms with E-state index >= 15 is 0 Å². The fraction of sp³-hybridized carbons (Fsp3) is 0.0769. The highest BCUT2D eigenvalue weighted by Crippen LogP contribution is 2.31. The Morgan fingerprint density at radius 3 is 2.69 bits per heavy atom. The Labute approximate surface area is 183 Å². The molecule has 0 radical (unpaired) electrons. The number of aromatic nitrogens is 2. The van der Waals surface area contributed by atoms with Crippen molar-refractivity contribution >= 4 is 27.6 Å². The molecule has 1 heterocycles. The number of benzene rings is 4. The van der Waals surface area contributed by atoms with Crippen LogP contribution >= 0.6 is 0 Å². The van der Waals surface area contributed by atoms with Crippen molar-refractivity contribution in [2.75, 3.05) is 7.11 Å². The molecule has 5 nitrogen and oxygen atoms in total. The molecule has 158 valence electrons. The Morgan fingerprint density at radius 2 is 1.84 bits per heavy atom. The Bertz CT molecular complexity index is 1460. The number of nitrogens with one attached hydrogen (secondary N) is 2. The van der Waals surface area contributed by atoms with Crippen molar-refractivity contribution in [1.82, 2.24) is 15.5 Å². The van der Waals surface area contributed by atoms with Gasteiger partial charge in [-0.15, -0.1) is 0 Å². The first-order valence-corrected chi connectivity index (χ1v) is 10.2. The van der Waals surface area contributed by atoms with Crippen LogP contribution in [0.3, 0.4) is 0 Å². The van der Waals surface area contributed by atoms with Gasteiger partial charge in [0.2, 0.25) is 0 Å². The third kappa shape index (κ3) is 3.67. The maximum Gasteiger partial charge on any atom is 0.251 e. The fourth-order valence-electron chi connectivity index (χ4n) is 3.85. The first kappa shape index (κ1) is 19.8. The zero-order valence-corrected chi connectivity index (χ0v) is 17.4. The summed E-state index contributed by atoms with van der Waals surface area (Å²) >= 11 is 0. The van der Waals surface area contributed by atoms with E-state index in [9.17, 15) is 9.18 Å². The van der Waals surface area contributed by atoms with Gasteiger partial charge in [0, 0.05) is 23.1 Å².